The molecule has 0 fully saturated rings. The predicted molar refractivity (Wildman–Crippen MR) is 93.2 cm³/mol. The van der Waals surface area contributed by atoms with Crippen LogP contribution >= 0.6 is 11.3 Å². The maximum absolute atomic E-state index is 13.0. The highest BCUT2D eigenvalue weighted by Crippen LogP contribution is 2.36. The Bertz CT molecular complexity index is 1200. The fourth-order valence-corrected chi connectivity index (χ4v) is 3.96. The first-order valence-electron chi connectivity index (χ1n) is 7.49. The van der Waals surface area contributed by atoms with Crippen LogP contribution < -0.4 is 19.8 Å². The first-order valence-corrected chi connectivity index (χ1v) is 8.31. The van der Waals surface area contributed by atoms with Crippen molar-refractivity contribution in [2.45, 2.75) is 0 Å². The Hall–Kier alpha value is -3.13. The van der Waals surface area contributed by atoms with Crippen LogP contribution in [0.3, 0.4) is 0 Å². The van der Waals surface area contributed by atoms with Crippen molar-refractivity contribution in [1.29, 1.82) is 0 Å². The van der Waals surface area contributed by atoms with Gasteiger partial charge in [0.1, 0.15) is 27.1 Å². The lowest BCUT2D eigenvalue weighted by Gasteiger charge is -2.06. The standard InChI is InChI=1S/C17H11N3O4S/c1-22-11-4-5-18-16-13(11)14-15(25-16)17(21)20(7-19-14)9-2-3-10-12(6-9)24-8-23-10/h2-7H,8H2,1H3. The van der Waals surface area contributed by atoms with Crippen LogP contribution in [-0.4, -0.2) is 28.4 Å². The van der Waals surface area contributed by atoms with Crippen molar-refractivity contribution >= 4 is 31.8 Å². The van der Waals surface area contributed by atoms with Crippen molar-refractivity contribution in [3.05, 3.63) is 47.1 Å². The number of hydrogen-bond donors (Lipinski definition) is 0. The van der Waals surface area contributed by atoms with Crippen LogP contribution in [0.5, 0.6) is 17.2 Å². The number of pyridine rings is 1. The number of hydrogen-bond acceptors (Lipinski definition) is 7. The minimum atomic E-state index is -0.158. The zero-order chi connectivity index (χ0) is 17.0. The van der Waals surface area contributed by atoms with E-state index in [0.717, 1.165) is 10.2 Å². The summed E-state index contributed by atoms with van der Waals surface area (Å²) in [5, 5.41) is 0.764. The fourth-order valence-electron chi connectivity index (χ4n) is 2.91. The quantitative estimate of drug-likeness (QED) is 0.552. The lowest BCUT2D eigenvalue weighted by molar-refractivity contribution is 0.174. The average molecular weight is 353 g/mol. The number of fused-ring (bicyclic) bond motifs is 4. The first-order chi connectivity index (χ1) is 12.3. The summed E-state index contributed by atoms with van der Waals surface area (Å²) in [7, 11) is 1.59. The largest absolute Gasteiger partial charge is 0.496 e. The molecule has 3 aromatic heterocycles. The Morgan fingerprint density at radius 2 is 2.08 bits per heavy atom. The second-order valence-electron chi connectivity index (χ2n) is 5.43. The van der Waals surface area contributed by atoms with Crippen LogP contribution in [0.25, 0.3) is 26.1 Å². The number of methoxy groups -OCH3 is 1. The van der Waals surface area contributed by atoms with Crippen LogP contribution in [0.4, 0.5) is 0 Å². The van der Waals surface area contributed by atoms with Crippen molar-refractivity contribution in [3.8, 4) is 22.9 Å². The number of rotatable bonds is 2. The molecule has 8 heteroatoms. The minimum Gasteiger partial charge on any atom is -0.496 e. The molecular weight excluding hydrogens is 342 g/mol. The maximum Gasteiger partial charge on any atom is 0.275 e. The summed E-state index contributed by atoms with van der Waals surface area (Å²) in [5.74, 6) is 1.94. The second-order valence-corrected chi connectivity index (χ2v) is 6.43. The van der Waals surface area contributed by atoms with E-state index < -0.39 is 0 Å². The molecule has 0 bridgehead atoms. The molecule has 0 atom stereocenters. The number of thiophene rings is 1. The Kier molecular flexibility index (Phi) is 2.95. The number of benzene rings is 1. The van der Waals surface area contributed by atoms with Gasteiger partial charge in [-0.05, 0) is 18.2 Å². The van der Waals surface area contributed by atoms with Gasteiger partial charge in [-0.25, -0.2) is 9.97 Å². The van der Waals surface area contributed by atoms with Gasteiger partial charge < -0.3 is 14.2 Å². The van der Waals surface area contributed by atoms with E-state index in [-0.39, 0.29) is 12.4 Å². The van der Waals surface area contributed by atoms with E-state index >= 15 is 0 Å². The predicted octanol–water partition coefficient (Wildman–Crippen LogP) is 2.73. The number of aromatic nitrogens is 3. The molecule has 25 heavy (non-hydrogen) atoms. The third-order valence-corrected chi connectivity index (χ3v) is 5.17. The SMILES string of the molecule is COc1ccnc2sc3c(=O)n(-c4ccc5c(c4)OCO5)cnc3c12. The summed E-state index contributed by atoms with van der Waals surface area (Å²) in [4.78, 5) is 22.5. The first kappa shape index (κ1) is 14.2. The van der Waals surface area contributed by atoms with Gasteiger partial charge in [0.25, 0.3) is 5.56 Å². The monoisotopic (exact) mass is 353 g/mol. The fraction of sp³-hybridized carbons (Fsp3) is 0.118. The van der Waals surface area contributed by atoms with Gasteiger partial charge in [0.15, 0.2) is 11.5 Å². The van der Waals surface area contributed by atoms with Crippen molar-refractivity contribution in [1.82, 2.24) is 14.5 Å². The molecule has 0 saturated heterocycles. The summed E-state index contributed by atoms with van der Waals surface area (Å²) in [6.45, 7) is 0.187. The summed E-state index contributed by atoms with van der Waals surface area (Å²) >= 11 is 1.31. The molecule has 0 spiro atoms. The molecule has 124 valence electrons. The highest BCUT2D eigenvalue weighted by molar-refractivity contribution is 7.25. The number of nitrogens with zero attached hydrogens (tertiary/aromatic N) is 3. The molecule has 0 amide bonds. The molecular formula is C17H11N3O4S. The lowest BCUT2D eigenvalue weighted by Crippen LogP contribution is -2.17. The van der Waals surface area contributed by atoms with E-state index in [1.807, 2.05) is 0 Å². The van der Waals surface area contributed by atoms with Gasteiger partial charge in [0, 0.05) is 12.3 Å². The van der Waals surface area contributed by atoms with Gasteiger partial charge in [-0.15, -0.1) is 11.3 Å². The van der Waals surface area contributed by atoms with Gasteiger partial charge in [0.2, 0.25) is 6.79 Å². The molecule has 1 aliphatic rings. The van der Waals surface area contributed by atoms with Crippen molar-refractivity contribution in [2.75, 3.05) is 13.9 Å². The Balaban J connectivity index is 1.77. The van der Waals surface area contributed by atoms with Gasteiger partial charge in [-0.1, -0.05) is 0 Å². The van der Waals surface area contributed by atoms with E-state index in [0.29, 0.717) is 33.2 Å². The zero-order valence-corrected chi connectivity index (χ0v) is 13.9. The third kappa shape index (κ3) is 2.01. The van der Waals surface area contributed by atoms with E-state index in [9.17, 15) is 4.79 Å². The van der Waals surface area contributed by atoms with E-state index in [1.165, 1.54) is 22.2 Å². The summed E-state index contributed by atoms with van der Waals surface area (Å²) in [6, 6.07) is 7.11. The van der Waals surface area contributed by atoms with Crippen molar-refractivity contribution in [3.63, 3.8) is 0 Å². The van der Waals surface area contributed by atoms with E-state index in [1.54, 1.807) is 37.6 Å². The topological polar surface area (TPSA) is 75.5 Å². The van der Waals surface area contributed by atoms with Gasteiger partial charge in [-0.2, -0.15) is 0 Å². The Morgan fingerprint density at radius 1 is 1.20 bits per heavy atom. The molecule has 4 aromatic rings. The van der Waals surface area contributed by atoms with Crippen LogP contribution in [-0.2, 0) is 0 Å². The molecule has 0 radical (unpaired) electrons. The van der Waals surface area contributed by atoms with Crippen molar-refractivity contribution < 1.29 is 14.2 Å². The van der Waals surface area contributed by atoms with Gasteiger partial charge in [0.05, 0.1) is 18.2 Å². The molecule has 4 heterocycles. The van der Waals surface area contributed by atoms with Crippen LogP contribution in [0.15, 0.2) is 41.6 Å². The van der Waals surface area contributed by atoms with Crippen LogP contribution in [0.1, 0.15) is 0 Å². The average Bonchev–Trinajstić information content (AvgIpc) is 3.25. The van der Waals surface area contributed by atoms with E-state index in [2.05, 4.69) is 9.97 Å². The van der Waals surface area contributed by atoms with Gasteiger partial charge >= 0.3 is 0 Å². The highest BCUT2D eigenvalue weighted by atomic mass is 32.1. The maximum atomic E-state index is 13.0. The third-order valence-electron chi connectivity index (χ3n) is 4.10. The summed E-state index contributed by atoms with van der Waals surface area (Å²) in [6.07, 6.45) is 3.17. The molecule has 1 aromatic carbocycles. The zero-order valence-electron chi connectivity index (χ0n) is 13.1. The smallest absolute Gasteiger partial charge is 0.275 e. The lowest BCUT2D eigenvalue weighted by atomic mass is 10.2. The Labute approximate surface area is 145 Å². The summed E-state index contributed by atoms with van der Waals surface area (Å²) < 4.78 is 18.1. The minimum absolute atomic E-state index is 0.158. The molecule has 5 rings (SSSR count). The molecule has 0 N–H and O–H groups in total. The number of ether oxygens (including phenoxy) is 3. The van der Waals surface area contributed by atoms with Crippen LogP contribution in [0.2, 0.25) is 0 Å². The molecule has 0 saturated carbocycles. The summed E-state index contributed by atoms with van der Waals surface area (Å²) in [5.41, 5.74) is 1.11. The second kappa shape index (κ2) is 5.18. The van der Waals surface area contributed by atoms with Crippen LogP contribution in [0, 0.1) is 0 Å². The molecule has 1 aliphatic heterocycles. The normalized spacial score (nSPS) is 12.8. The van der Waals surface area contributed by atoms with Gasteiger partial charge in [-0.3, -0.25) is 9.36 Å². The van der Waals surface area contributed by atoms with Crippen molar-refractivity contribution in [2.24, 2.45) is 0 Å². The highest BCUT2D eigenvalue weighted by Gasteiger charge is 2.18. The molecule has 0 unspecified atom stereocenters. The van der Waals surface area contributed by atoms with E-state index in [4.69, 9.17) is 14.2 Å². The molecule has 0 aliphatic carbocycles. The Morgan fingerprint density at radius 3 is 2.96 bits per heavy atom. The molecule has 7 nitrogen and oxygen atoms in total.